The Balaban J connectivity index is 0.00000133. The molecule has 3 rings (SSSR count). The molecule has 0 saturated carbocycles. The first-order chi connectivity index (χ1) is 8.90. The number of hydrogen-bond donors (Lipinski definition) is 1. The van der Waals surface area contributed by atoms with Crippen LogP contribution in [0.3, 0.4) is 0 Å². The first-order valence-electron chi connectivity index (χ1n) is 7.38. The SMILES string of the molecule is CCCNCC[C@@H]1CCc2ccc3c(c21)CCO3.Cl. The van der Waals surface area contributed by atoms with Crippen LogP contribution in [0.25, 0.3) is 0 Å². The highest BCUT2D eigenvalue weighted by Crippen LogP contribution is 2.42. The highest BCUT2D eigenvalue weighted by atomic mass is 35.5. The minimum atomic E-state index is 0. The van der Waals surface area contributed by atoms with Crippen LogP contribution < -0.4 is 10.1 Å². The van der Waals surface area contributed by atoms with Crippen molar-refractivity contribution in [2.45, 2.75) is 44.9 Å². The van der Waals surface area contributed by atoms with Crippen molar-refractivity contribution in [3.8, 4) is 5.75 Å². The van der Waals surface area contributed by atoms with E-state index < -0.39 is 0 Å². The maximum absolute atomic E-state index is 5.70. The third-order valence-electron chi connectivity index (χ3n) is 4.28. The van der Waals surface area contributed by atoms with E-state index in [9.17, 15) is 0 Å². The van der Waals surface area contributed by atoms with Crippen molar-refractivity contribution in [1.82, 2.24) is 5.32 Å². The Morgan fingerprint density at radius 2 is 2.16 bits per heavy atom. The molecule has 3 heteroatoms. The van der Waals surface area contributed by atoms with Crippen LogP contribution in [0.1, 0.15) is 48.8 Å². The fourth-order valence-electron chi connectivity index (χ4n) is 3.42. The Labute approximate surface area is 122 Å². The molecule has 0 bridgehead atoms. The zero-order valence-electron chi connectivity index (χ0n) is 11.7. The molecule has 19 heavy (non-hydrogen) atoms. The van der Waals surface area contributed by atoms with Gasteiger partial charge < -0.3 is 10.1 Å². The molecule has 1 aliphatic carbocycles. The summed E-state index contributed by atoms with van der Waals surface area (Å²) in [4.78, 5) is 0. The fraction of sp³-hybridized carbons (Fsp3) is 0.625. The molecule has 1 atom stereocenters. The second-order valence-electron chi connectivity index (χ2n) is 5.49. The van der Waals surface area contributed by atoms with Crippen LogP contribution >= 0.6 is 12.4 Å². The Morgan fingerprint density at radius 3 is 3.00 bits per heavy atom. The average Bonchev–Trinajstić information content (AvgIpc) is 3.00. The Kier molecular flexibility index (Phi) is 5.12. The molecule has 1 aromatic rings. The van der Waals surface area contributed by atoms with Gasteiger partial charge in [-0.15, -0.1) is 12.4 Å². The molecular formula is C16H24ClNO. The first kappa shape index (κ1) is 14.7. The topological polar surface area (TPSA) is 21.3 Å². The highest BCUT2D eigenvalue weighted by molar-refractivity contribution is 5.85. The van der Waals surface area contributed by atoms with E-state index in [1.54, 1.807) is 11.1 Å². The lowest BCUT2D eigenvalue weighted by Gasteiger charge is -2.15. The van der Waals surface area contributed by atoms with Crippen LogP contribution in [0, 0.1) is 0 Å². The average molecular weight is 282 g/mol. The summed E-state index contributed by atoms with van der Waals surface area (Å²) in [6, 6.07) is 4.47. The molecular weight excluding hydrogens is 258 g/mol. The zero-order chi connectivity index (χ0) is 12.4. The maximum atomic E-state index is 5.70. The quantitative estimate of drug-likeness (QED) is 0.835. The summed E-state index contributed by atoms with van der Waals surface area (Å²) in [5.41, 5.74) is 4.74. The molecule has 1 N–H and O–H groups in total. The number of nitrogens with one attached hydrogen (secondary N) is 1. The van der Waals surface area contributed by atoms with Gasteiger partial charge in [-0.3, -0.25) is 0 Å². The number of benzene rings is 1. The van der Waals surface area contributed by atoms with Gasteiger partial charge in [-0.2, -0.15) is 0 Å². The lowest BCUT2D eigenvalue weighted by atomic mass is 9.92. The normalized spacial score (nSPS) is 19.5. The molecule has 1 aromatic carbocycles. The molecule has 106 valence electrons. The summed E-state index contributed by atoms with van der Waals surface area (Å²) in [6.07, 6.45) is 6.23. The molecule has 0 aromatic heterocycles. The second-order valence-corrected chi connectivity index (χ2v) is 5.49. The third kappa shape index (κ3) is 2.90. The van der Waals surface area contributed by atoms with Crippen LogP contribution in [0.5, 0.6) is 5.75 Å². The third-order valence-corrected chi connectivity index (χ3v) is 4.28. The minimum absolute atomic E-state index is 0. The summed E-state index contributed by atoms with van der Waals surface area (Å²) < 4.78 is 5.70. The monoisotopic (exact) mass is 281 g/mol. The van der Waals surface area contributed by atoms with Gasteiger partial charge in [0.15, 0.2) is 0 Å². The van der Waals surface area contributed by atoms with Gasteiger partial charge in [0.2, 0.25) is 0 Å². The van der Waals surface area contributed by atoms with E-state index in [1.807, 2.05) is 0 Å². The zero-order valence-corrected chi connectivity index (χ0v) is 12.5. The Bertz CT molecular complexity index is 433. The predicted molar refractivity (Wildman–Crippen MR) is 81.7 cm³/mol. The Hall–Kier alpha value is -0.730. The van der Waals surface area contributed by atoms with Crippen molar-refractivity contribution in [2.24, 2.45) is 0 Å². The smallest absolute Gasteiger partial charge is 0.122 e. The van der Waals surface area contributed by atoms with Crippen LogP contribution in [0.2, 0.25) is 0 Å². The van der Waals surface area contributed by atoms with Gasteiger partial charge >= 0.3 is 0 Å². The van der Waals surface area contributed by atoms with Gasteiger partial charge in [0.25, 0.3) is 0 Å². The van der Waals surface area contributed by atoms with Crippen molar-refractivity contribution >= 4 is 12.4 Å². The number of aryl methyl sites for hydroxylation is 1. The second kappa shape index (κ2) is 6.62. The van der Waals surface area contributed by atoms with Crippen LogP contribution in [-0.4, -0.2) is 19.7 Å². The van der Waals surface area contributed by atoms with Gasteiger partial charge in [0.1, 0.15) is 5.75 Å². The molecule has 0 unspecified atom stereocenters. The Morgan fingerprint density at radius 1 is 1.26 bits per heavy atom. The van der Waals surface area contributed by atoms with E-state index in [2.05, 4.69) is 24.4 Å². The maximum Gasteiger partial charge on any atom is 0.122 e. The van der Waals surface area contributed by atoms with Gasteiger partial charge in [-0.1, -0.05) is 13.0 Å². The largest absolute Gasteiger partial charge is 0.493 e. The van der Waals surface area contributed by atoms with E-state index in [-0.39, 0.29) is 12.4 Å². The van der Waals surface area contributed by atoms with Crippen molar-refractivity contribution in [2.75, 3.05) is 19.7 Å². The van der Waals surface area contributed by atoms with Crippen LogP contribution in [0.15, 0.2) is 12.1 Å². The highest BCUT2D eigenvalue weighted by Gasteiger charge is 2.28. The number of rotatable bonds is 5. The van der Waals surface area contributed by atoms with Gasteiger partial charge in [0, 0.05) is 12.0 Å². The van der Waals surface area contributed by atoms with E-state index in [0.717, 1.165) is 37.8 Å². The molecule has 1 aliphatic heterocycles. The summed E-state index contributed by atoms with van der Waals surface area (Å²) in [5.74, 6) is 1.92. The molecule has 2 nitrogen and oxygen atoms in total. The van der Waals surface area contributed by atoms with E-state index in [4.69, 9.17) is 4.74 Å². The minimum Gasteiger partial charge on any atom is -0.493 e. The molecule has 0 radical (unpaired) electrons. The number of fused-ring (bicyclic) bond motifs is 3. The van der Waals surface area contributed by atoms with Crippen molar-refractivity contribution in [1.29, 1.82) is 0 Å². The van der Waals surface area contributed by atoms with Crippen molar-refractivity contribution < 1.29 is 4.74 Å². The van der Waals surface area contributed by atoms with E-state index in [1.165, 1.54) is 31.2 Å². The van der Waals surface area contributed by atoms with Crippen LogP contribution in [0.4, 0.5) is 0 Å². The number of hydrogen-bond acceptors (Lipinski definition) is 2. The molecule has 0 fully saturated rings. The summed E-state index contributed by atoms with van der Waals surface area (Å²) in [6.45, 7) is 5.41. The van der Waals surface area contributed by atoms with E-state index >= 15 is 0 Å². The molecule has 1 heterocycles. The van der Waals surface area contributed by atoms with Gasteiger partial charge in [-0.05, 0) is 61.9 Å². The number of halogens is 1. The first-order valence-corrected chi connectivity index (χ1v) is 7.38. The lowest BCUT2D eigenvalue weighted by molar-refractivity contribution is 0.357. The summed E-state index contributed by atoms with van der Waals surface area (Å²) >= 11 is 0. The van der Waals surface area contributed by atoms with Gasteiger partial charge in [-0.25, -0.2) is 0 Å². The van der Waals surface area contributed by atoms with E-state index in [0.29, 0.717) is 0 Å². The standard InChI is InChI=1S/C16H23NO.ClH/c1-2-9-17-10-7-13-4-3-12-5-6-15-14(16(12)13)8-11-18-15;/h5-6,13,17H,2-4,7-11H2,1H3;1H/t13-;/m0./s1. The molecule has 2 aliphatic rings. The lowest BCUT2D eigenvalue weighted by Crippen LogP contribution is -2.18. The number of ether oxygens (including phenoxy) is 1. The molecule has 0 spiro atoms. The predicted octanol–water partition coefficient (Wildman–Crippen LogP) is 3.46. The fourth-order valence-corrected chi connectivity index (χ4v) is 3.42. The van der Waals surface area contributed by atoms with Gasteiger partial charge in [0.05, 0.1) is 6.61 Å². The van der Waals surface area contributed by atoms with Crippen molar-refractivity contribution in [3.05, 3.63) is 28.8 Å². The summed E-state index contributed by atoms with van der Waals surface area (Å²) in [7, 11) is 0. The molecule has 0 saturated heterocycles. The van der Waals surface area contributed by atoms with Crippen molar-refractivity contribution in [3.63, 3.8) is 0 Å². The summed E-state index contributed by atoms with van der Waals surface area (Å²) in [5, 5.41) is 3.53. The molecule has 0 amide bonds. The van der Waals surface area contributed by atoms with Crippen LogP contribution in [-0.2, 0) is 12.8 Å².